The first kappa shape index (κ1) is 19.3. The number of carbonyl (C=O) groups excluding carboxylic acids is 2. The fourth-order valence-corrected chi connectivity index (χ4v) is 2.39. The quantitative estimate of drug-likeness (QED) is 0.636. The minimum atomic E-state index is -1.04. The Kier molecular flexibility index (Phi) is 7.05. The molecule has 0 aliphatic heterocycles. The topological polar surface area (TPSA) is 95.5 Å². The first-order chi connectivity index (χ1) is 12.5. The van der Waals surface area contributed by atoms with Crippen LogP contribution in [0.2, 0.25) is 0 Å². The van der Waals surface area contributed by atoms with E-state index in [-0.39, 0.29) is 18.2 Å². The van der Waals surface area contributed by atoms with Crippen LogP contribution in [-0.4, -0.2) is 41.4 Å². The Hall–Kier alpha value is -2.99. The molecule has 0 aliphatic carbocycles. The molecule has 6 heteroatoms. The summed E-state index contributed by atoms with van der Waals surface area (Å²) < 4.78 is 0. The molecule has 1 amide bonds. The Morgan fingerprint density at radius 1 is 0.962 bits per heavy atom. The van der Waals surface area contributed by atoms with Gasteiger partial charge in [-0.3, -0.25) is 19.7 Å². The fourth-order valence-electron chi connectivity index (χ4n) is 2.39. The van der Waals surface area contributed by atoms with Crippen LogP contribution in [0.4, 0.5) is 0 Å². The molecule has 26 heavy (non-hydrogen) atoms. The smallest absolute Gasteiger partial charge is 0.320 e. The lowest BCUT2D eigenvalue weighted by atomic mass is 10.0. The standard InChI is InChI=1S/C20H22N2O4/c1-14(20(25)26)21-13-18(23)17(12-15-8-4-2-5-9-15)22-19(24)16-10-6-3-7-11-16/h2-11,14,17,21H,12-13H2,1H3,(H,22,24)(H,25,26)/t14-,17?/m0/s1. The molecule has 6 nitrogen and oxygen atoms in total. The molecule has 2 atom stereocenters. The molecular weight excluding hydrogens is 332 g/mol. The van der Waals surface area contributed by atoms with Gasteiger partial charge in [-0.25, -0.2) is 0 Å². The van der Waals surface area contributed by atoms with E-state index in [1.807, 2.05) is 30.3 Å². The number of rotatable bonds is 9. The zero-order valence-electron chi connectivity index (χ0n) is 14.5. The van der Waals surface area contributed by atoms with Crippen molar-refractivity contribution in [1.29, 1.82) is 0 Å². The van der Waals surface area contributed by atoms with Crippen LogP contribution in [0.25, 0.3) is 0 Å². The van der Waals surface area contributed by atoms with Crippen molar-refractivity contribution in [1.82, 2.24) is 10.6 Å². The number of carboxylic acid groups (broad SMARTS) is 1. The van der Waals surface area contributed by atoms with E-state index in [1.54, 1.807) is 30.3 Å². The Morgan fingerprint density at radius 2 is 1.54 bits per heavy atom. The molecule has 0 bridgehead atoms. The van der Waals surface area contributed by atoms with Crippen LogP contribution in [0.3, 0.4) is 0 Å². The molecule has 0 aliphatic rings. The van der Waals surface area contributed by atoms with Gasteiger partial charge in [-0.2, -0.15) is 0 Å². The fraction of sp³-hybridized carbons (Fsp3) is 0.250. The molecule has 2 aromatic rings. The van der Waals surface area contributed by atoms with Crippen LogP contribution in [0, 0.1) is 0 Å². The van der Waals surface area contributed by atoms with Crippen molar-refractivity contribution in [3.05, 3.63) is 71.8 Å². The number of Topliss-reactive ketones (excluding diaryl/α,β-unsaturated/α-hetero) is 1. The molecule has 0 spiro atoms. The molecule has 2 aromatic carbocycles. The number of ketones is 1. The summed E-state index contributed by atoms with van der Waals surface area (Å²) in [4.78, 5) is 35.9. The Bertz CT molecular complexity index is 747. The normalized spacial score (nSPS) is 12.8. The highest BCUT2D eigenvalue weighted by molar-refractivity contribution is 5.98. The van der Waals surface area contributed by atoms with Crippen molar-refractivity contribution >= 4 is 17.7 Å². The maximum atomic E-state index is 12.6. The molecule has 2 rings (SSSR count). The van der Waals surface area contributed by atoms with Gasteiger partial charge in [-0.15, -0.1) is 0 Å². The Labute approximate surface area is 152 Å². The van der Waals surface area contributed by atoms with Crippen molar-refractivity contribution in [2.24, 2.45) is 0 Å². The lowest BCUT2D eigenvalue weighted by molar-refractivity contribution is -0.139. The summed E-state index contributed by atoms with van der Waals surface area (Å²) in [6, 6.07) is 16.4. The zero-order chi connectivity index (χ0) is 18.9. The number of benzene rings is 2. The van der Waals surface area contributed by atoms with Gasteiger partial charge >= 0.3 is 5.97 Å². The molecule has 0 saturated heterocycles. The number of carboxylic acids is 1. The molecule has 0 aromatic heterocycles. The molecule has 136 valence electrons. The van der Waals surface area contributed by atoms with E-state index in [0.717, 1.165) is 5.56 Å². The number of hydrogen-bond donors (Lipinski definition) is 3. The highest BCUT2D eigenvalue weighted by atomic mass is 16.4. The maximum Gasteiger partial charge on any atom is 0.320 e. The van der Waals surface area contributed by atoms with Crippen LogP contribution < -0.4 is 10.6 Å². The van der Waals surface area contributed by atoms with Gasteiger partial charge < -0.3 is 10.4 Å². The lowest BCUT2D eigenvalue weighted by Gasteiger charge is -2.19. The molecule has 0 saturated carbocycles. The van der Waals surface area contributed by atoms with Gasteiger partial charge in [0.15, 0.2) is 5.78 Å². The van der Waals surface area contributed by atoms with Crippen LogP contribution >= 0.6 is 0 Å². The Morgan fingerprint density at radius 3 is 2.12 bits per heavy atom. The van der Waals surface area contributed by atoms with E-state index in [4.69, 9.17) is 5.11 Å². The molecule has 1 unspecified atom stereocenters. The van der Waals surface area contributed by atoms with E-state index >= 15 is 0 Å². The second kappa shape index (κ2) is 9.48. The Balaban J connectivity index is 2.09. The van der Waals surface area contributed by atoms with Gasteiger partial charge in [0.05, 0.1) is 12.6 Å². The predicted molar refractivity (Wildman–Crippen MR) is 97.9 cm³/mol. The number of aliphatic carboxylic acids is 1. The van der Waals surface area contributed by atoms with E-state index < -0.39 is 18.1 Å². The number of nitrogens with one attached hydrogen (secondary N) is 2. The summed E-state index contributed by atoms with van der Waals surface area (Å²) in [5, 5.41) is 14.3. The maximum absolute atomic E-state index is 12.6. The van der Waals surface area contributed by atoms with Crippen LogP contribution in [0.1, 0.15) is 22.8 Å². The first-order valence-corrected chi connectivity index (χ1v) is 8.36. The van der Waals surface area contributed by atoms with Crippen LogP contribution in [-0.2, 0) is 16.0 Å². The molecule has 3 N–H and O–H groups in total. The summed E-state index contributed by atoms with van der Waals surface area (Å²) in [5.74, 6) is -1.65. The van der Waals surface area contributed by atoms with Gasteiger partial charge in [0.25, 0.3) is 5.91 Å². The lowest BCUT2D eigenvalue weighted by Crippen LogP contribution is -2.48. The molecule has 0 radical (unpaired) electrons. The molecular formula is C20H22N2O4. The predicted octanol–water partition coefficient (Wildman–Crippen LogP) is 1.66. The third-order valence-electron chi connectivity index (χ3n) is 3.97. The van der Waals surface area contributed by atoms with Gasteiger partial charge in [-0.1, -0.05) is 48.5 Å². The van der Waals surface area contributed by atoms with Gasteiger partial charge in [-0.05, 0) is 31.0 Å². The summed E-state index contributed by atoms with van der Waals surface area (Å²) in [5.41, 5.74) is 1.37. The second-order valence-electron chi connectivity index (χ2n) is 5.99. The monoisotopic (exact) mass is 354 g/mol. The number of carbonyl (C=O) groups is 3. The minimum absolute atomic E-state index is 0.139. The third-order valence-corrected chi connectivity index (χ3v) is 3.97. The SMILES string of the molecule is C[C@H](NCC(=O)C(Cc1ccccc1)NC(=O)c1ccccc1)C(=O)O. The van der Waals surface area contributed by atoms with E-state index in [2.05, 4.69) is 10.6 Å². The van der Waals surface area contributed by atoms with Crippen molar-refractivity contribution in [3.8, 4) is 0 Å². The van der Waals surface area contributed by atoms with Crippen molar-refractivity contribution in [2.75, 3.05) is 6.54 Å². The van der Waals surface area contributed by atoms with Crippen LogP contribution in [0.5, 0.6) is 0 Å². The van der Waals surface area contributed by atoms with Crippen molar-refractivity contribution < 1.29 is 19.5 Å². The summed E-state index contributed by atoms with van der Waals surface area (Å²) in [6.07, 6.45) is 0.335. The molecule has 0 fully saturated rings. The summed E-state index contributed by atoms with van der Waals surface area (Å²) in [6.45, 7) is 1.32. The highest BCUT2D eigenvalue weighted by Crippen LogP contribution is 2.06. The third kappa shape index (κ3) is 5.82. The van der Waals surface area contributed by atoms with Gasteiger partial charge in [0.2, 0.25) is 0 Å². The van der Waals surface area contributed by atoms with Gasteiger partial charge in [0, 0.05) is 5.56 Å². The highest BCUT2D eigenvalue weighted by Gasteiger charge is 2.23. The molecule has 0 heterocycles. The summed E-state index contributed by atoms with van der Waals surface area (Å²) in [7, 11) is 0. The second-order valence-corrected chi connectivity index (χ2v) is 5.99. The number of amides is 1. The van der Waals surface area contributed by atoms with Crippen LogP contribution in [0.15, 0.2) is 60.7 Å². The van der Waals surface area contributed by atoms with Gasteiger partial charge in [0.1, 0.15) is 6.04 Å². The summed E-state index contributed by atoms with van der Waals surface area (Å²) >= 11 is 0. The average Bonchev–Trinajstić information content (AvgIpc) is 2.66. The average molecular weight is 354 g/mol. The van der Waals surface area contributed by atoms with Crippen molar-refractivity contribution in [3.63, 3.8) is 0 Å². The number of hydrogen-bond acceptors (Lipinski definition) is 4. The largest absolute Gasteiger partial charge is 0.480 e. The first-order valence-electron chi connectivity index (χ1n) is 8.36. The van der Waals surface area contributed by atoms with E-state index in [1.165, 1.54) is 6.92 Å². The zero-order valence-corrected chi connectivity index (χ0v) is 14.5. The van der Waals surface area contributed by atoms with Crippen molar-refractivity contribution in [2.45, 2.75) is 25.4 Å². The minimum Gasteiger partial charge on any atom is -0.480 e. The van der Waals surface area contributed by atoms with E-state index in [9.17, 15) is 14.4 Å². The van der Waals surface area contributed by atoms with E-state index in [0.29, 0.717) is 12.0 Å².